The van der Waals surface area contributed by atoms with Gasteiger partial charge in [0.25, 0.3) is 0 Å². The number of hydrogen-bond acceptors (Lipinski definition) is 3. The van der Waals surface area contributed by atoms with Gasteiger partial charge in [-0.15, -0.1) is 0 Å². The number of benzene rings is 8. The van der Waals surface area contributed by atoms with Gasteiger partial charge in [0.1, 0.15) is 0 Å². The molecule has 0 saturated heterocycles. The molecule has 0 saturated carbocycles. The molecule has 264 valence electrons. The van der Waals surface area contributed by atoms with Crippen molar-refractivity contribution in [1.82, 2.24) is 19.5 Å². The summed E-state index contributed by atoms with van der Waals surface area (Å²) in [5.74, 6) is 1.91. The van der Waals surface area contributed by atoms with Gasteiger partial charge in [-0.05, 0) is 57.1 Å². The third-order valence-electron chi connectivity index (χ3n) is 10.8. The molecular formula is C51H36N4Si. The zero-order valence-corrected chi connectivity index (χ0v) is 31.6. The molecule has 0 aliphatic rings. The normalized spacial score (nSPS) is 11.6. The van der Waals surface area contributed by atoms with Crippen LogP contribution in [0, 0.1) is 0 Å². The topological polar surface area (TPSA) is 43.6 Å². The molecule has 2 heterocycles. The van der Waals surface area contributed by atoms with Crippen LogP contribution in [0.15, 0.2) is 218 Å². The molecule has 0 unspecified atom stereocenters. The molecule has 0 bridgehead atoms. The Kier molecular flexibility index (Phi) is 8.47. The first-order valence-corrected chi connectivity index (χ1v) is 21.0. The Bertz CT molecular complexity index is 2850. The molecule has 0 atom stereocenters. The average Bonchev–Trinajstić information content (AvgIpc) is 3.62. The number of fused-ring (bicyclic) bond motifs is 3. The molecule has 56 heavy (non-hydrogen) atoms. The monoisotopic (exact) mass is 732 g/mol. The number of nitrogens with zero attached hydrogens (tertiary/aromatic N) is 4. The van der Waals surface area contributed by atoms with Crippen LogP contribution >= 0.6 is 0 Å². The van der Waals surface area contributed by atoms with E-state index in [0.717, 1.165) is 38.8 Å². The third kappa shape index (κ3) is 5.73. The Morgan fingerprint density at radius 3 is 1.32 bits per heavy atom. The first-order chi connectivity index (χ1) is 27.8. The number of para-hydroxylation sites is 2. The predicted molar refractivity (Wildman–Crippen MR) is 234 cm³/mol. The van der Waals surface area contributed by atoms with Crippen molar-refractivity contribution in [2.24, 2.45) is 0 Å². The summed E-state index contributed by atoms with van der Waals surface area (Å²) < 4.78 is 2.33. The van der Waals surface area contributed by atoms with Gasteiger partial charge in [0.15, 0.2) is 25.5 Å². The van der Waals surface area contributed by atoms with Crippen molar-refractivity contribution < 1.29 is 0 Å². The zero-order valence-electron chi connectivity index (χ0n) is 30.6. The fraction of sp³-hybridized carbons (Fsp3) is 0. The van der Waals surface area contributed by atoms with Crippen LogP contribution in [0.25, 0.3) is 61.7 Å². The number of aromatic nitrogens is 4. The van der Waals surface area contributed by atoms with Gasteiger partial charge >= 0.3 is 0 Å². The zero-order chi connectivity index (χ0) is 37.3. The Labute approximate surface area is 327 Å². The summed E-state index contributed by atoms with van der Waals surface area (Å²) in [6, 6.07) is 77.8. The highest BCUT2D eigenvalue weighted by molar-refractivity contribution is 7.19. The van der Waals surface area contributed by atoms with Crippen LogP contribution in [0.5, 0.6) is 0 Å². The lowest BCUT2D eigenvalue weighted by Crippen LogP contribution is -2.74. The van der Waals surface area contributed by atoms with E-state index < -0.39 is 8.07 Å². The van der Waals surface area contributed by atoms with Crippen LogP contribution in [0.4, 0.5) is 0 Å². The Morgan fingerprint density at radius 1 is 0.304 bits per heavy atom. The maximum absolute atomic E-state index is 5.28. The minimum Gasteiger partial charge on any atom is -0.309 e. The lowest BCUT2D eigenvalue weighted by atomic mass is 10.1. The van der Waals surface area contributed by atoms with Gasteiger partial charge in [0.05, 0.1) is 11.0 Å². The fourth-order valence-electron chi connectivity index (χ4n) is 8.27. The maximum Gasteiger partial charge on any atom is 0.179 e. The maximum atomic E-state index is 5.28. The first kappa shape index (κ1) is 33.4. The van der Waals surface area contributed by atoms with E-state index in [-0.39, 0.29) is 0 Å². The molecule has 0 spiro atoms. The summed E-state index contributed by atoms with van der Waals surface area (Å²) in [6.45, 7) is 0. The molecule has 2 aromatic heterocycles. The number of rotatable bonds is 8. The Hall–Kier alpha value is -7.21. The van der Waals surface area contributed by atoms with E-state index in [4.69, 9.17) is 15.0 Å². The van der Waals surface area contributed by atoms with Gasteiger partial charge in [-0.2, -0.15) is 0 Å². The summed E-state index contributed by atoms with van der Waals surface area (Å²) >= 11 is 0. The van der Waals surface area contributed by atoms with Crippen molar-refractivity contribution in [2.45, 2.75) is 0 Å². The van der Waals surface area contributed by atoms with Crippen molar-refractivity contribution >= 4 is 50.6 Å². The average molecular weight is 733 g/mol. The van der Waals surface area contributed by atoms with Gasteiger partial charge in [-0.3, -0.25) is 0 Å². The molecule has 0 N–H and O–H groups in total. The SMILES string of the molecule is c1ccc(-c2nc(-c3cccc([Si](c4ccccc4)(c4ccccc4)c4ccccc4)c3)nc(-c3ccc4c(c3)c3ccccc3n4-c3ccccc3)n2)cc1. The van der Waals surface area contributed by atoms with E-state index in [9.17, 15) is 0 Å². The van der Waals surface area contributed by atoms with Gasteiger partial charge in [0, 0.05) is 33.2 Å². The van der Waals surface area contributed by atoms with Crippen molar-refractivity contribution in [3.05, 3.63) is 218 Å². The summed E-state index contributed by atoms with van der Waals surface area (Å²) in [6.07, 6.45) is 0. The van der Waals surface area contributed by atoms with Crippen molar-refractivity contribution in [3.8, 4) is 39.9 Å². The molecule has 0 radical (unpaired) electrons. The molecule has 8 aromatic carbocycles. The van der Waals surface area contributed by atoms with E-state index >= 15 is 0 Å². The van der Waals surface area contributed by atoms with E-state index in [0.29, 0.717) is 17.5 Å². The van der Waals surface area contributed by atoms with Crippen LogP contribution in [0.1, 0.15) is 0 Å². The quantitative estimate of drug-likeness (QED) is 0.116. The Morgan fingerprint density at radius 2 is 0.732 bits per heavy atom. The second-order valence-corrected chi connectivity index (χ2v) is 17.8. The minimum absolute atomic E-state index is 0.635. The minimum atomic E-state index is -2.78. The molecule has 10 aromatic rings. The molecule has 0 amide bonds. The number of hydrogen-bond donors (Lipinski definition) is 0. The highest BCUT2D eigenvalue weighted by Gasteiger charge is 2.41. The molecule has 0 fully saturated rings. The van der Waals surface area contributed by atoms with E-state index in [1.165, 1.54) is 26.1 Å². The lowest BCUT2D eigenvalue weighted by Gasteiger charge is -2.34. The smallest absolute Gasteiger partial charge is 0.179 e. The van der Waals surface area contributed by atoms with Gasteiger partial charge in [0.2, 0.25) is 0 Å². The van der Waals surface area contributed by atoms with Crippen molar-refractivity contribution in [3.63, 3.8) is 0 Å². The summed E-state index contributed by atoms with van der Waals surface area (Å²) in [7, 11) is -2.78. The molecule has 0 aliphatic carbocycles. The van der Waals surface area contributed by atoms with Crippen LogP contribution in [0.3, 0.4) is 0 Å². The standard InChI is InChI=1S/C51H36N4Si/c1-6-19-37(20-7-1)49-52-50(54-51(53-49)39-33-34-48-46(36-39)45-31-16-17-32-47(45)55(48)40-22-8-2-9-23-40)38-21-18-30-44(35-38)56(41-24-10-3-11-25-41,42-26-12-4-13-27-42)43-28-14-5-15-29-43/h1-36H. The van der Waals surface area contributed by atoms with Crippen molar-refractivity contribution in [1.29, 1.82) is 0 Å². The fourth-order valence-corrected chi connectivity index (χ4v) is 13.1. The Balaban J connectivity index is 1.19. The summed E-state index contributed by atoms with van der Waals surface area (Å²) in [4.78, 5) is 15.6. The van der Waals surface area contributed by atoms with Gasteiger partial charge in [-0.1, -0.05) is 182 Å². The second-order valence-electron chi connectivity index (χ2n) is 14.0. The van der Waals surface area contributed by atoms with E-state index in [1.54, 1.807) is 0 Å². The molecule has 5 heteroatoms. The second kappa shape index (κ2) is 14.2. The molecular weight excluding hydrogens is 697 g/mol. The molecule has 4 nitrogen and oxygen atoms in total. The summed E-state index contributed by atoms with van der Waals surface area (Å²) in [5, 5.41) is 7.55. The van der Waals surface area contributed by atoms with Crippen molar-refractivity contribution in [2.75, 3.05) is 0 Å². The van der Waals surface area contributed by atoms with Crippen LogP contribution in [0.2, 0.25) is 0 Å². The highest BCUT2D eigenvalue weighted by Crippen LogP contribution is 2.35. The van der Waals surface area contributed by atoms with E-state index in [2.05, 4.69) is 205 Å². The van der Waals surface area contributed by atoms with Crippen LogP contribution in [-0.4, -0.2) is 27.6 Å². The van der Waals surface area contributed by atoms with Crippen LogP contribution in [-0.2, 0) is 0 Å². The predicted octanol–water partition coefficient (Wildman–Crippen LogP) is 9.35. The van der Waals surface area contributed by atoms with Crippen LogP contribution < -0.4 is 20.7 Å². The summed E-state index contributed by atoms with van der Waals surface area (Å²) in [5.41, 5.74) is 6.25. The molecule has 10 rings (SSSR count). The van der Waals surface area contributed by atoms with Gasteiger partial charge in [-0.25, -0.2) is 15.0 Å². The lowest BCUT2D eigenvalue weighted by molar-refractivity contribution is 1.07. The first-order valence-electron chi connectivity index (χ1n) is 19.0. The highest BCUT2D eigenvalue weighted by atomic mass is 28.3. The third-order valence-corrected chi connectivity index (χ3v) is 15.6. The van der Waals surface area contributed by atoms with E-state index in [1.807, 2.05) is 18.2 Å². The van der Waals surface area contributed by atoms with Gasteiger partial charge < -0.3 is 4.57 Å². The largest absolute Gasteiger partial charge is 0.309 e. The molecule has 0 aliphatic heterocycles.